The van der Waals surface area contributed by atoms with Gasteiger partial charge in [0.15, 0.2) is 0 Å². The van der Waals surface area contributed by atoms with Gasteiger partial charge < -0.3 is 15.1 Å². The van der Waals surface area contributed by atoms with Gasteiger partial charge in [-0.25, -0.2) is 4.39 Å². The van der Waals surface area contributed by atoms with Gasteiger partial charge in [0.2, 0.25) is 11.8 Å². The van der Waals surface area contributed by atoms with E-state index in [0.717, 1.165) is 43.0 Å². The number of anilines is 2. The molecular formula is C24H30FN5O2. The quantitative estimate of drug-likeness (QED) is 0.775. The number of nitrogens with zero attached hydrogens (tertiary/aromatic N) is 4. The molecular weight excluding hydrogens is 409 g/mol. The van der Waals surface area contributed by atoms with E-state index in [1.807, 2.05) is 26.0 Å². The van der Waals surface area contributed by atoms with Gasteiger partial charge in [-0.15, -0.1) is 0 Å². The van der Waals surface area contributed by atoms with E-state index in [1.54, 1.807) is 19.4 Å². The van der Waals surface area contributed by atoms with Crippen molar-refractivity contribution < 1.29 is 14.0 Å². The zero-order valence-corrected chi connectivity index (χ0v) is 18.9. The first-order chi connectivity index (χ1) is 15.3. The van der Waals surface area contributed by atoms with Gasteiger partial charge in [-0.2, -0.15) is 0 Å². The molecule has 0 spiro atoms. The lowest BCUT2D eigenvalue weighted by atomic mass is 9.96. The van der Waals surface area contributed by atoms with E-state index < -0.39 is 0 Å². The van der Waals surface area contributed by atoms with Crippen LogP contribution in [0, 0.1) is 5.82 Å². The average Bonchev–Trinajstić information content (AvgIpc) is 2.76. The van der Waals surface area contributed by atoms with E-state index in [4.69, 9.17) is 0 Å². The molecule has 1 saturated heterocycles. The lowest BCUT2D eigenvalue weighted by Gasteiger charge is -2.35. The van der Waals surface area contributed by atoms with E-state index in [1.165, 1.54) is 11.0 Å². The first-order valence-corrected chi connectivity index (χ1v) is 11.1. The van der Waals surface area contributed by atoms with Crippen molar-refractivity contribution in [2.24, 2.45) is 0 Å². The van der Waals surface area contributed by atoms with Gasteiger partial charge in [-0.1, -0.05) is 0 Å². The maximum atomic E-state index is 15.0. The normalized spacial score (nSPS) is 17.0. The SMILES string of the molecule is CC(C)NC(=O)CN1CCN(c2cncc(-c3cc4c(cc3F)N(C)C(=O)CC4)c2)CC1. The molecule has 2 aliphatic heterocycles. The van der Waals surface area contributed by atoms with Gasteiger partial charge in [0, 0.05) is 68.7 Å². The van der Waals surface area contributed by atoms with E-state index in [-0.39, 0.29) is 23.7 Å². The summed E-state index contributed by atoms with van der Waals surface area (Å²) in [5, 5.41) is 2.93. The number of amides is 2. The Kier molecular flexibility index (Phi) is 6.41. The Labute approximate surface area is 188 Å². The minimum Gasteiger partial charge on any atom is -0.368 e. The third kappa shape index (κ3) is 4.75. The van der Waals surface area contributed by atoms with Gasteiger partial charge in [-0.3, -0.25) is 19.5 Å². The number of pyridine rings is 1. The fraction of sp³-hybridized carbons (Fsp3) is 0.458. The molecule has 0 unspecified atom stereocenters. The second-order valence-corrected chi connectivity index (χ2v) is 8.83. The van der Waals surface area contributed by atoms with Crippen LogP contribution in [0.25, 0.3) is 11.1 Å². The first-order valence-electron chi connectivity index (χ1n) is 11.1. The summed E-state index contributed by atoms with van der Waals surface area (Å²) >= 11 is 0. The van der Waals surface area contributed by atoms with Gasteiger partial charge in [0.25, 0.3) is 0 Å². The summed E-state index contributed by atoms with van der Waals surface area (Å²) in [6.07, 6.45) is 4.53. The standard InChI is InChI=1S/C24H30FN5O2/c1-16(2)27-23(31)15-29-6-8-30(9-7-29)19-10-18(13-26-14-19)20-11-17-4-5-24(32)28(3)22(17)12-21(20)25/h10-14,16H,4-9,15H2,1-3H3,(H,27,31). The number of aromatic nitrogens is 1. The Hall–Kier alpha value is -3.00. The Balaban J connectivity index is 1.47. The van der Waals surface area contributed by atoms with Crippen LogP contribution in [-0.2, 0) is 16.0 Å². The summed E-state index contributed by atoms with van der Waals surface area (Å²) in [4.78, 5) is 34.2. The average molecular weight is 440 g/mol. The Morgan fingerprint density at radius 3 is 2.59 bits per heavy atom. The van der Waals surface area contributed by atoms with Crippen LogP contribution >= 0.6 is 0 Å². The monoisotopic (exact) mass is 439 g/mol. The van der Waals surface area contributed by atoms with Crippen LogP contribution in [0.15, 0.2) is 30.6 Å². The fourth-order valence-corrected chi connectivity index (χ4v) is 4.37. The largest absolute Gasteiger partial charge is 0.368 e. The van der Waals surface area contributed by atoms with Gasteiger partial charge in [-0.05, 0) is 44.0 Å². The molecule has 2 aromatic rings. The predicted octanol–water partition coefficient (Wildman–Crippen LogP) is 2.44. The second-order valence-electron chi connectivity index (χ2n) is 8.83. The van der Waals surface area contributed by atoms with Crippen LogP contribution in [0.4, 0.5) is 15.8 Å². The van der Waals surface area contributed by atoms with Gasteiger partial charge in [0.05, 0.1) is 18.4 Å². The molecule has 1 fully saturated rings. The number of benzene rings is 1. The highest BCUT2D eigenvalue weighted by Crippen LogP contribution is 2.34. The van der Waals surface area contributed by atoms with Crippen LogP contribution in [0.3, 0.4) is 0 Å². The van der Waals surface area contributed by atoms with E-state index in [9.17, 15) is 14.0 Å². The molecule has 32 heavy (non-hydrogen) atoms. The van der Waals surface area contributed by atoms with Gasteiger partial charge in [0.1, 0.15) is 5.82 Å². The molecule has 3 heterocycles. The number of hydrogen-bond acceptors (Lipinski definition) is 5. The highest BCUT2D eigenvalue weighted by Gasteiger charge is 2.24. The van der Waals surface area contributed by atoms with Crippen molar-refractivity contribution >= 4 is 23.2 Å². The second kappa shape index (κ2) is 9.24. The molecule has 0 atom stereocenters. The molecule has 1 aromatic carbocycles. The third-order valence-electron chi connectivity index (χ3n) is 6.10. The van der Waals surface area contributed by atoms with Crippen LogP contribution in [-0.4, -0.2) is 67.5 Å². The Bertz CT molecular complexity index is 1020. The molecule has 0 radical (unpaired) electrons. The molecule has 2 amide bonds. The molecule has 0 aliphatic carbocycles. The number of piperazine rings is 1. The lowest BCUT2D eigenvalue weighted by Crippen LogP contribution is -2.50. The van der Waals surface area contributed by atoms with E-state index in [0.29, 0.717) is 30.6 Å². The maximum Gasteiger partial charge on any atom is 0.234 e. The van der Waals surface area contributed by atoms with E-state index in [2.05, 4.69) is 20.1 Å². The first kappa shape index (κ1) is 22.2. The topological polar surface area (TPSA) is 68.8 Å². The molecule has 8 heteroatoms. The molecule has 7 nitrogen and oxygen atoms in total. The molecule has 170 valence electrons. The summed E-state index contributed by atoms with van der Waals surface area (Å²) < 4.78 is 15.0. The number of carbonyl (C=O) groups excluding carboxylic acids is 2. The molecule has 0 bridgehead atoms. The van der Waals surface area contributed by atoms with Crippen LogP contribution < -0.4 is 15.1 Å². The number of hydrogen-bond donors (Lipinski definition) is 1. The molecule has 1 aromatic heterocycles. The summed E-state index contributed by atoms with van der Waals surface area (Å²) in [5.74, 6) is -0.299. The van der Waals surface area contributed by atoms with Crippen LogP contribution in [0.2, 0.25) is 0 Å². The highest BCUT2D eigenvalue weighted by molar-refractivity contribution is 5.96. The molecule has 1 N–H and O–H groups in total. The van der Waals surface area contributed by atoms with Crippen molar-refractivity contribution in [1.29, 1.82) is 0 Å². The van der Waals surface area contributed by atoms with Crippen LogP contribution in [0.5, 0.6) is 0 Å². The Morgan fingerprint density at radius 1 is 1.12 bits per heavy atom. The van der Waals surface area contributed by atoms with Crippen LogP contribution in [0.1, 0.15) is 25.8 Å². The summed E-state index contributed by atoms with van der Waals surface area (Å²) in [6, 6.07) is 5.41. The summed E-state index contributed by atoms with van der Waals surface area (Å²) in [5.41, 5.74) is 3.79. The number of nitrogens with one attached hydrogen (secondary N) is 1. The van der Waals surface area contributed by atoms with Crippen molar-refractivity contribution in [3.05, 3.63) is 42.0 Å². The Morgan fingerprint density at radius 2 is 1.88 bits per heavy atom. The third-order valence-corrected chi connectivity index (χ3v) is 6.10. The number of fused-ring (bicyclic) bond motifs is 1. The van der Waals surface area contributed by atoms with Crippen molar-refractivity contribution in [3.8, 4) is 11.1 Å². The maximum absolute atomic E-state index is 15.0. The zero-order chi connectivity index (χ0) is 22.8. The van der Waals surface area contributed by atoms with Crippen molar-refractivity contribution in [3.63, 3.8) is 0 Å². The van der Waals surface area contributed by atoms with Crippen molar-refractivity contribution in [2.75, 3.05) is 49.6 Å². The van der Waals surface area contributed by atoms with E-state index >= 15 is 0 Å². The number of carbonyl (C=O) groups is 2. The van der Waals surface area contributed by atoms with Crippen molar-refractivity contribution in [1.82, 2.24) is 15.2 Å². The summed E-state index contributed by atoms with van der Waals surface area (Å²) in [6.45, 7) is 7.44. The number of aryl methyl sites for hydroxylation is 1. The molecule has 4 rings (SSSR count). The number of rotatable bonds is 5. The molecule has 0 saturated carbocycles. The zero-order valence-electron chi connectivity index (χ0n) is 18.9. The van der Waals surface area contributed by atoms with Gasteiger partial charge >= 0.3 is 0 Å². The number of halogens is 1. The highest BCUT2D eigenvalue weighted by atomic mass is 19.1. The smallest absolute Gasteiger partial charge is 0.234 e. The predicted molar refractivity (Wildman–Crippen MR) is 123 cm³/mol. The molecule has 2 aliphatic rings. The minimum atomic E-state index is -0.356. The summed E-state index contributed by atoms with van der Waals surface area (Å²) in [7, 11) is 1.69. The lowest BCUT2D eigenvalue weighted by molar-refractivity contribution is -0.122. The van der Waals surface area contributed by atoms with Crippen molar-refractivity contribution in [2.45, 2.75) is 32.7 Å². The minimum absolute atomic E-state index is 0.00847. The fourth-order valence-electron chi connectivity index (χ4n) is 4.37.